The van der Waals surface area contributed by atoms with E-state index in [0.29, 0.717) is 3.57 Å². The largest absolute Gasteiger partial charge is 0.460 e. The third-order valence-electron chi connectivity index (χ3n) is 3.86. The van der Waals surface area contributed by atoms with E-state index in [1.807, 2.05) is 67.8 Å². The number of halogens is 3. The van der Waals surface area contributed by atoms with Gasteiger partial charge in [-0.3, -0.25) is 9.59 Å². The highest BCUT2D eigenvalue weighted by atomic mass is 127. The van der Waals surface area contributed by atoms with Crippen molar-refractivity contribution in [3.8, 4) is 0 Å². The van der Waals surface area contributed by atoms with Crippen LogP contribution in [0.2, 0.25) is 0 Å². The fourth-order valence-corrected chi connectivity index (χ4v) is 7.37. The fraction of sp³-hybridized carbons (Fsp3) is 0.471. The number of aliphatic hydroxyl groups is 5. The topological polar surface area (TPSA) is 168 Å². The highest BCUT2D eigenvalue weighted by molar-refractivity contribution is 14.1. The molecule has 0 aliphatic rings. The van der Waals surface area contributed by atoms with Gasteiger partial charge in [0.2, 0.25) is 0 Å². The monoisotopic (exact) mass is 778 g/mol. The van der Waals surface area contributed by atoms with Crippen LogP contribution in [0, 0.1) is 10.7 Å². The summed E-state index contributed by atoms with van der Waals surface area (Å²) in [6.45, 7) is -3.73. The molecular formula is C17H21I3N2O9. The van der Waals surface area contributed by atoms with Crippen LogP contribution in [0.3, 0.4) is 0 Å². The van der Waals surface area contributed by atoms with Crippen LogP contribution in [-0.2, 0) is 14.3 Å². The molecule has 1 aromatic rings. The lowest BCUT2D eigenvalue weighted by Gasteiger charge is -2.31. The van der Waals surface area contributed by atoms with Crippen LogP contribution in [0.15, 0.2) is 0 Å². The molecule has 11 nitrogen and oxygen atoms in total. The molecule has 0 aromatic heterocycles. The summed E-state index contributed by atoms with van der Waals surface area (Å²) in [7, 11) is 0. The van der Waals surface area contributed by atoms with Crippen LogP contribution in [0.25, 0.3) is 0 Å². The predicted molar refractivity (Wildman–Crippen MR) is 135 cm³/mol. The Bertz CT molecular complexity index is 770. The molecule has 5 N–H and O–H groups in total. The summed E-state index contributed by atoms with van der Waals surface area (Å²) in [6, 6.07) is 0. The van der Waals surface area contributed by atoms with Crippen molar-refractivity contribution in [1.29, 1.82) is 0 Å². The van der Waals surface area contributed by atoms with Crippen molar-refractivity contribution in [1.82, 2.24) is 0 Å². The Balaban J connectivity index is 3.98. The lowest BCUT2D eigenvalue weighted by Crippen LogP contribution is -2.40. The molecular weight excluding hydrogens is 757 g/mol. The summed E-state index contributed by atoms with van der Waals surface area (Å²) in [6.07, 6.45) is 0. The van der Waals surface area contributed by atoms with Gasteiger partial charge in [-0.15, -0.1) is 0 Å². The molecule has 14 heteroatoms. The minimum absolute atomic E-state index is 0.0116. The highest BCUT2D eigenvalue weighted by Crippen LogP contribution is 2.42. The molecule has 0 saturated heterocycles. The second-order valence-electron chi connectivity index (χ2n) is 5.73. The van der Waals surface area contributed by atoms with Crippen molar-refractivity contribution < 1.29 is 44.7 Å². The van der Waals surface area contributed by atoms with Crippen molar-refractivity contribution in [2.75, 3.05) is 62.5 Å². The van der Waals surface area contributed by atoms with Gasteiger partial charge in [0, 0.05) is 13.1 Å². The standard InChI is InChI=1S/C17H21I3N2O9/c18-12-11(17(30)31-6-5-25)13(19)16(22(2-4-24)10(29)8-27)14(20)15(12)21(1-3-23)9(28)7-26/h23-27H,1-8H2. The van der Waals surface area contributed by atoms with E-state index < -0.39 is 50.8 Å². The number of hydrogen-bond acceptors (Lipinski definition) is 9. The Morgan fingerprint density at radius 3 is 1.45 bits per heavy atom. The van der Waals surface area contributed by atoms with Gasteiger partial charge in [-0.05, 0) is 67.8 Å². The molecule has 0 aliphatic heterocycles. The van der Waals surface area contributed by atoms with Crippen molar-refractivity contribution in [3.63, 3.8) is 0 Å². The number of carbonyl (C=O) groups is 3. The maximum atomic E-state index is 12.8. The summed E-state index contributed by atoms with van der Waals surface area (Å²) in [5.41, 5.74) is 0.283. The number of benzene rings is 1. The number of carbonyl (C=O) groups excluding carboxylic acids is 3. The number of anilines is 2. The van der Waals surface area contributed by atoms with E-state index in [4.69, 9.17) is 9.84 Å². The van der Waals surface area contributed by atoms with Gasteiger partial charge in [0.1, 0.15) is 19.8 Å². The van der Waals surface area contributed by atoms with Crippen molar-refractivity contribution in [2.24, 2.45) is 0 Å². The Morgan fingerprint density at radius 2 is 1.13 bits per heavy atom. The molecule has 0 heterocycles. The number of esters is 1. The van der Waals surface area contributed by atoms with Gasteiger partial charge in [0.25, 0.3) is 11.8 Å². The van der Waals surface area contributed by atoms with E-state index in [-0.39, 0.29) is 43.8 Å². The summed E-state index contributed by atoms with van der Waals surface area (Å²) in [4.78, 5) is 39.7. The van der Waals surface area contributed by atoms with E-state index in [1.165, 1.54) is 0 Å². The maximum Gasteiger partial charge on any atom is 0.340 e. The van der Waals surface area contributed by atoms with E-state index in [9.17, 15) is 34.8 Å². The van der Waals surface area contributed by atoms with Gasteiger partial charge in [0.05, 0.1) is 47.5 Å². The molecule has 0 atom stereocenters. The number of hydrogen-bond donors (Lipinski definition) is 5. The van der Waals surface area contributed by atoms with Gasteiger partial charge in [-0.2, -0.15) is 0 Å². The molecule has 0 bridgehead atoms. The average molecular weight is 778 g/mol. The second kappa shape index (κ2) is 14.0. The van der Waals surface area contributed by atoms with Crippen LogP contribution in [-0.4, -0.2) is 96.0 Å². The first-order valence-electron chi connectivity index (χ1n) is 8.74. The first kappa shape index (κ1) is 28.7. The number of ether oxygens (including phenoxy) is 1. The molecule has 174 valence electrons. The van der Waals surface area contributed by atoms with E-state index in [2.05, 4.69) is 0 Å². The first-order chi connectivity index (χ1) is 14.7. The zero-order chi connectivity index (χ0) is 23.7. The van der Waals surface area contributed by atoms with Gasteiger partial charge >= 0.3 is 5.97 Å². The summed E-state index contributed by atoms with van der Waals surface area (Å²) >= 11 is 5.49. The third-order valence-corrected chi connectivity index (χ3v) is 6.98. The van der Waals surface area contributed by atoms with Crippen LogP contribution in [0.1, 0.15) is 10.4 Å². The highest BCUT2D eigenvalue weighted by Gasteiger charge is 2.33. The molecule has 0 saturated carbocycles. The zero-order valence-electron chi connectivity index (χ0n) is 16.1. The van der Waals surface area contributed by atoms with Gasteiger partial charge in [-0.1, -0.05) is 0 Å². The predicted octanol–water partition coefficient (Wildman–Crippen LogP) is -0.715. The second-order valence-corrected chi connectivity index (χ2v) is 8.96. The minimum atomic E-state index is -0.867. The Kier molecular flexibility index (Phi) is 12.9. The van der Waals surface area contributed by atoms with Gasteiger partial charge < -0.3 is 40.1 Å². The first-order valence-corrected chi connectivity index (χ1v) is 12.0. The minimum Gasteiger partial charge on any atom is -0.460 e. The van der Waals surface area contributed by atoms with Crippen LogP contribution < -0.4 is 9.80 Å². The lowest BCUT2D eigenvalue weighted by molar-refractivity contribution is -0.122. The molecule has 2 amide bonds. The summed E-state index contributed by atoms with van der Waals surface area (Å²) in [5.74, 6) is -2.34. The maximum absolute atomic E-state index is 12.8. The van der Waals surface area contributed by atoms with Crippen LogP contribution in [0.4, 0.5) is 11.4 Å². The normalized spacial score (nSPS) is 10.7. The van der Waals surface area contributed by atoms with E-state index >= 15 is 0 Å². The van der Waals surface area contributed by atoms with Crippen LogP contribution in [0.5, 0.6) is 0 Å². The van der Waals surface area contributed by atoms with Crippen molar-refractivity contribution in [2.45, 2.75) is 0 Å². The number of rotatable bonds is 11. The Labute approximate surface area is 218 Å². The van der Waals surface area contributed by atoms with Crippen molar-refractivity contribution in [3.05, 3.63) is 16.3 Å². The molecule has 0 spiro atoms. The molecule has 31 heavy (non-hydrogen) atoms. The lowest BCUT2D eigenvalue weighted by atomic mass is 10.1. The summed E-state index contributed by atoms with van der Waals surface area (Å²) in [5, 5.41) is 46.6. The zero-order valence-corrected chi connectivity index (χ0v) is 22.5. The number of amides is 2. The quantitative estimate of drug-likeness (QED) is 0.144. The fourth-order valence-electron chi connectivity index (χ4n) is 2.59. The van der Waals surface area contributed by atoms with Crippen LogP contribution >= 0.6 is 67.8 Å². The Morgan fingerprint density at radius 1 is 0.710 bits per heavy atom. The number of aliphatic hydroxyl groups excluding tert-OH is 5. The molecule has 1 rings (SSSR count). The summed E-state index contributed by atoms with van der Waals surface area (Å²) < 4.78 is 5.87. The van der Waals surface area contributed by atoms with E-state index in [0.717, 1.165) is 9.80 Å². The van der Waals surface area contributed by atoms with E-state index in [1.54, 1.807) is 0 Å². The van der Waals surface area contributed by atoms with Gasteiger partial charge in [0.15, 0.2) is 0 Å². The average Bonchev–Trinajstić information content (AvgIpc) is 2.75. The SMILES string of the molecule is O=C(OCCO)c1c(I)c(N(CCO)C(=O)CO)c(I)c(N(CCO)C(=O)CO)c1I. The molecule has 0 aliphatic carbocycles. The number of nitrogens with zero attached hydrogens (tertiary/aromatic N) is 2. The smallest absolute Gasteiger partial charge is 0.340 e. The third kappa shape index (κ3) is 6.81. The molecule has 0 unspecified atom stereocenters. The molecule has 0 fully saturated rings. The molecule has 0 radical (unpaired) electrons. The van der Waals surface area contributed by atoms with Gasteiger partial charge in [-0.25, -0.2) is 4.79 Å². The molecule has 1 aromatic carbocycles. The Hall–Kier alpha value is -0.380. The van der Waals surface area contributed by atoms with Crippen molar-refractivity contribution >= 4 is 96.9 Å².